The molecule has 1 rings (SSSR count). The fourth-order valence-electron chi connectivity index (χ4n) is 2.05. The summed E-state index contributed by atoms with van der Waals surface area (Å²) in [6.07, 6.45) is 3.77. The quantitative estimate of drug-likeness (QED) is 0.723. The van der Waals surface area contributed by atoms with Crippen LogP contribution >= 0.6 is 0 Å². The normalized spacial score (nSPS) is 12.8. The lowest BCUT2D eigenvalue weighted by atomic mass is 9.89. The summed E-state index contributed by atoms with van der Waals surface area (Å²) >= 11 is 0. The van der Waals surface area contributed by atoms with Gasteiger partial charge in [-0.15, -0.1) is 0 Å². The van der Waals surface area contributed by atoms with Gasteiger partial charge < -0.3 is 10.5 Å². The second-order valence-electron chi connectivity index (χ2n) is 5.85. The van der Waals surface area contributed by atoms with Crippen LogP contribution < -0.4 is 10.5 Å². The summed E-state index contributed by atoms with van der Waals surface area (Å²) in [5.74, 6) is 0.890. The summed E-state index contributed by atoms with van der Waals surface area (Å²) in [6, 6.07) is 10.3. The van der Waals surface area contributed by atoms with E-state index in [-0.39, 0.29) is 11.5 Å². The van der Waals surface area contributed by atoms with Gasteiger partial charge in [0, 0.05) is 11.6 Å². The molecule has 0 bridgehead atoms. The third-order valence-electron chi connectivity index (χ3n) is 3.51. The van der Waals surface area contributed by atoms with E-state index >= 15 is 0 Å². The van der Waals surface area contributed by atoms with Crippen molar-refractivity contribution in [3.63, 3.8) is 0 Å². The molecule has 0 aromatic heterocycles. The van der Waals surface area contributed by atoms with Gasteiger partial charge in [0.1, 0.15) is 5.75 Å². The van der Waals surface area contributed by atoms with Crippen LogP contribution in [0.5, 0.6) is 5.75 Å². The van der Waals surface area contributed by atoms with Gasteiger partial charge in [0.05, 0.1) is 18.1 Å². The predicted octanol–water partition coefficient (Wildman–Crippen LogP) is 4.20. The Labute approximate surface area is 122 Å². The number of nitrogens with two attached hydrogens (primary N) is 1. The molecule has 3 heteroatoms. The number of hydrogen-bond donors (Lipinski definition) is 1. The Morgan fingerprint density at radius 3 is 2.65 bits per heavy atom. The number of unbranched alkanes of at least 4 members (excludes halogenated alkanes) is 1. The average Bonchev–Trinajstić information content (AvgIpc) is 2.46. The van der Waals surface area contributed by atoms with E-state index in [1.165, 1.54) is 0 Å². The molecule has 0 spiro atoms. The van der Waals surface area contributed by atoms with Gasteiger partial charge in [0.2, 0.25) is 0 Å². The fraction of sp³-hybridized carbons (Fsp3) is 0.588. The van der Waals surface area contributed by atoms with E-state index in [1.54, 1.807) is 0 Å². The number of rotatable bonds is 8. The molecule has 0 aliphatic carbocycles. The molecule has 110 valence electrons. The maximum Gasteiger partial charge on any atom is 0.124 e. The van der Waals surface area contributed by atoms with Crippen molar-refractivity contribution < 1.29 is 4.74 Å². The van der Waals surface area contributed by atoms with Gasteiger partial charge in [-0.3, -0.25) is 0 Å². The van der Waals surface area contributed by atoms with E-state index in [0.29, 0.717) is 6.61 Å². The predicted molar refractivity (Wildman–Crippen MR) is 82.4 cm³/mol. The number of hydrogen-bond acceptors (Lipinski definition) is 3. The zero-order valence-electron chi connectivity index (χ0n) is 12.9. The van der Waals surface area contributed by atoms with Crippen LogP contribution in [0, 0.1) is 16.7 Å². The Balaban J connectivity index is 2.41. The number of ether oxygens (including phenoxy) is 1. The van der Waals surface area contributed by atoms with Crippen LogP contribution in [-0.2, 0) is 0 Å². The topological polar surface area (TPSA) is 59.0 Å². The Hall–Kier alpha value is -1.53. The minimum absolute atomic E-state index is 0.0312. The van der Waals surface area contributed by atoms with Gasteiger partial charge in [-0.1, -0.05) is 25.1 Å². The van der Waals surface area contributed by atoms with Gasteiger partial charge in [-0.2, -0.15) is 5.26 Å². The maximum atomic E-state index is 8.96. The van der Waals surface area contributed by atoms with Gasteiger partial charge >= 0.3 is 0 Å². The Kier molecular flexibility index (Phi) is 6.54. The first-order chi connectivity index (χ1) is 9.50. The van der Waals surface area contributed by atoms with Gasteiger partial charge in [0.25, 0.3) is 0 Å². The third-order valence-corrected chi connectivity index (χ3v) is 3.51. The molecule has 20 heavy (non-hydrogen) atoms. The summed E-state index contributed by atoms with van der Waals surface area (Å²) < 4.78 is 5.85. The monoisotopic (exact) mass is 274 g/mol. The summed E-state index contributed by atoms with van der Waals surface area (Å²) in [5, 5.41) is 8.96. The lowest BCUT2D eigenvalue weighted by Crippen LogP contribution is -2.12. The van der Waals surface area contributed by atoms with E-state index in [9.17, 15) is 0 Å². The molecule has 1 aromatic rings. The van der Waals surface area contributed by atoms with Crippen molar-refractivity contribution in [3.8, 4) is 11.8 Å². The van der Waals surface area contributed by atoms with E-state index in [1.807, 2.05) is 38.1 Å². The van der Waals surface area contributed by atoms with E-state index in [0.717, 1.165) is 37.0 Å². The molecule has 0 saturated carbocycles. The summed E-state index contributed by atoms with van der Waals surface area (Å²) in [5.41, 5.74) is 6.93. The highest BCUT2D eigenvalue weighted by molar-refractivity contribution is 5.35. The first kappa shape index (κ1) is 16.5. The van der Waals surface area contributed by atoms with Crippen LogP contribution in [0.1, 0.15) is 58.1 Å². The molecule has 0 radical (unpaired) electrons. The Morgan fingerprint density at radius 1 is 1.30 bits per heavy atom. The van der Waals surface area contributed by atoms with Crippen LogP contribution in [0.25, 0.3) is 0 Å². The molecule has 2 N–H and O–H groups in total. The first-order valence-corrected chi connectivity index (χ1v) is 7.38. The van der Waals surface area contributed by atoms with Crippen LogP contribution in [0.4, 0.5) is 0 Å². The first-order valence-electron chi connectivity index (χ1n) is 7.38. The zero-order chi connectivity index (χ0) is 15.0. The second-order valence-corrected chi connectivity index (χ2v) is 5.85. The highest BCUT2D eigenvalue weighted by Gasteiger charge is 2.15. The van der Waals surface area contributed by atoms with Gasteiger partial charge in [-0.05, 0) is 45.6 Å². The highest BCUT2D eigenvalue weighted by Crippen LogP contribution is 2.26. The minimum Gasteiger partial charge on any atom is -0.493 e. The molecule has 0 aliphatic heterocycles. The largest absolute Gasteiger partial charge is 0.493 e. The molecule has 0 unspecified atom stereocenters. The smallest absolute Gasteiger partial charge is 0.124 e. The lowest BCUT2D eigenvalue weighted by molar-refractivity contribution is 0.290. The van der Waals surface area contributed by atoms with Crippen molar-refractivity contribution in [2.24, 2.45) is 11.1 Å². The summed E-state index contributed by atoms with van der Waals surface area (Å²) in [7, 11) is 0. The Morgan fingerprint density at radius 2 is 2.00 bits per heavy atom. The molecule has 0 fully saturated rings. The third kappa shape index (κ3) is 5.22. The van der Waals surface area contributed by atoms with E-state index in [4.69, 9.17) is 15.7 Å². The minimum atomic E-state index is -0.234. The highest BCUT2D eigenvalue weighted by atomic mass is 16.5. The molecule has 3 nitrogen and oxygen atoms in total. The summed E-state index contributed by atoms with van der Waals surface area (Å²) in [4.78, 5) is 0. The van der Waals surface area contributed by atoms with Gasteiger partial charge in [0.15, 0.2) is 0 Å². The summed E-state index contributed by atoms with van der Waals surface area (Å²) in [6.45, 7) is 6.70. The van der Waals surface area contributed by atoms with Gasteiger partial charge in [-0.25, -0.2) is 0 Å². The van der Waals surface area contributed by atoms with Crippen LogP contribution in [-0.4, -0.2) is 6.61 Å². The van der Waals surface area contributed by atoms with Crippen LogP contribution in [0.15, 0.2) is 24.3 Å². The number of nitrogens with zero attached hydrogens (tertiary/aromatic N) is 1. The Bertz CT molecular complexity index is 449. The maximum absolute atomic E-state index is 8.96. The van der Waals surface area contributed by atoms with Crippen molar-refractivity contribution in [3.05, 3.63) is 29.8 Å². The molecule has 1 atom stereocenters. The number of nitriles is 1. The van der Waals surface area contributed by atoms with E-state index < -0.39 is 0 Å². The molecule has 0 heterocycles. The second kappa shape index (κ2) is 7.91. The molecule has 0 aliphatic rings. The van der Waals surface area contributed by atoms with E-state index in [2.05, 4.69) is 13.0 Å². The SMILES string of the molecule is CC[C@@H](N)c1ccccc1OCCCCC(C)(C)C#N. The number of benzene rings is 1. The van der Waals surface area contributed by atoms with Crippen molar-refractivity contribution in [1.29, 1.82) is 5.26 Å². The van der Waals surface area contributed by atoms with Crippen molar-refractivity contribution in [2.75, 3.05) is 6.61 Å². The average molecular weight is 274 g/mol. The molecule has 1 aromatic carbocycles. The molecule has 0 amide bonds. The number of para-hydroxylation sites is 1. The molecular weight excluding hydrogens is 248 g/mol. The van der Waals surface area contributed by atoms with Crippen LogP contribution in [0.3, 0.4) is 0 Å². The van der Waals surface area contributed by atoms with Crippen molar-refractivity contribution >= 4 is 0 Å². The van der Waals surface area contributed by atoms with Crippen molar-refractivity contribution in [1.82, 2.24) is 0 Å². The molecular formula is C17H26N2O. The van der Waals surface area contributed by atoms with Crippen molar-refractivity contribution in [2.45, 2.75) is 52.5 Å². The fourth-order valence-corrected chi connectivity index (χ4v) is 2.05. The zero-order valence-corrected chi connectivity index (χ0v) is 12.9. The lowest BCUT2D eigenvalue weighted by Gasteiger charge is -2.17. The molecule has 0 saturated heterocycles. The standard InChI is InChI=1S/C17H26N2O/c1-4-15(19)14-9-5-6-10-16(14)20-12-8-7-11-17(2,3)13-18/h5-6,9-10,15H,4,7-8,11-12,19H2,1-3H3/t15-/m1/s1. The van der Waals surface area contributed by atoms with Crippen LogP contribution in [0.2, 0.25) is 0 Å².